The van der Waals surface area contributed by atoms with Crippen molar-refractivity contribution in [2.24, 2.45) is 0 Å². The fourth-order valence-electron chi connectivity index (χ4n) is 4.11. The largest absolute Gasteiger partial charge is 0.377 e. The van der Waals surface area contributed by atoms with Crippen LogP contribution in [0.25, 0.3) is 0 Å². The lowest BCUT2D eigenvalue weighted by molar-refractivity contribution is 0.0746. The van der Waals surface area contributed by atoms with Gasteiger partial charge in [0.05, 0.1) is 11.0 Å². The number of anilines is 1. The van der Waals surface area contributed by atoms with E-state index in [-0.39, 0.29) is 16.9 Å². The van der Waals surface area contributed by atoms with Crippen LogP contribution in [0.1, 0.15) is 23.2 Å². The van der Waals surface area contributed by atoms with E-state index in [1.807, 2.05) is 23.1 Å². The Labute approximate surface area is 184 Å². The smallest absolute Gasteiger partial charge is 0.253 e. The number of para-hydroxylation sites is 1. The number of carbonyl (C=O) groups is 1. The molecule has 2 heterocycles. The molecule has 166 valence electrons. The molecule has 2 aromatic carbocycles. The van der Waals surface area contributed by atoms with Crippen molar-refractivity contribution in [3.05, 3.63) is 60.2 Å². The summed E-state index contributed by atoms with van der Waals surface area (Å²) in [6.45, 7) is 3.85. The van der Waals surface area contributed by atoms with E-state index in [1.165, 1.54) is 16.4 Å². The van der Waals surface area contributed by atoms with Gasteiger partial charge in [0.25, 0.3) is 5.91 Å². The molecule has 0 aliphatic carbocycles. The molecule has 0 aromatic heterocycles. The van der Waals surface area contributed by atoms with Gasteiger partial charge in [-0.05, 0) is 49.2 Å². The summed E-state index contributed by atoms with van der Waals surface area (Å²) < 4.78 is 32.6. The van der Waals surface area contributed by atoms with Gasteiger partial charge < -0.3 is 14.5 Å². The fraction of sp³-hybridized carbons (Fsp3) is 0.435. The van der Waals surface area contributed by atoms with Crippen LogP contribution in [0.4, 0.5) is 5.69 Å². The Hall–Kier alpha value is -2.42. The van der Waals surface area contributed by atoms with E-state index in [0.717, 1.165) is 31.6 Å². The number of hydrogen-bond acceptors (Lipinski definition) is 5. The number of sulfonamides is 1. The second-order valence-corrected chi connectivity index (χ2v) is 10.1. The van der Waals surface area contributed by atoms with E-state index in [2.05, 4.69) is 17.0 Å². The van der Waals surface area contributed by atoms with Gasteiger partial charge in [-0.1, -0.05) is 18.2 Å². The van der Waals surface area contributed by atoms with Crippen LogP contribution in [-0.2, 0) is 14.8 Å². The number of amides is 1. The Kier molecular flexibility index (Phi) is 6.60. The third-order valence-corrected chi connectivity index (χ3v) is 7.82. The molecular formula is C23H29N3O4S. The first-order valence-corrected chi connectivity index (χ1v) is 12.2. The number of benzene rings is 2. The molecule has 0 bridgehead atoms. The first kappa shape index (κ1) is 21.8. The van der Waals surface area contributed by atoms with E-state index in [0.29, 0.717) is 31.8 Å². The van der Waals surface area contributed by atoms with Crippen LogP contribution in [-0.4, -0.2) is 76.0 Å². The van der Waals surface area contributed by atoms with Gasteiger partial charge in [0.1, 0.15) is 0 Å². The van der Waals surface area contributed by atoms with Crippen LogP contribution in [0.3, 0.4) is 0 Å². The SMILES string of the molecule is CN(C[C@H]1CCCO1)S(=O)(=O)c1ccc(C(=O)N2CCN(c3ccccc3)CC2)cc1. The van der Waals surface area contributed by atoms with Gasteiger partial charge in [0.15, 0.2) is 0 Å². The molecule has 7 nitrogen and oxygen atoms in total. The second-order valence-electron chi connectivity index (χ2n) is 8.06. The first-order valence-electron chi connectivity index (χ1n) is 10.7. The summed E-state index contributed by atoms with van der Waals surface area (Å²) in [5, 5.41) is 0. The molecule has 2 aliphatic heterocycles. The maximum atomic E-state index is 12.9. The van der Waals surface area contributed by atoms with Crippen LogP contribution >= 0.6 is 0 Å². The molecule has 2 fully saturated rings. The predicted molar refractivity (Wildman–Crippen MR) is 120 cm³/mol. The number of rotatable bonds is 6. The molecule has 8 heteroatoms. The average Bonchev–Trinajstić information content (AvgIpc) is 3.32. The Morgan fingerprint density at radius 1 is 1.03 bits per heavy atom. The molecule has 0 N–H and O–H groups in total. The summed E-state index contributed by atoms with van der Waals surface area (Å²) in [6, 6.07) is 16.4. The molecule has 1 amide bonds. The molecule has 0 saturated carbocycles. The summed E-state index contributed by atoms with van der Waals surface area (Å²) >= 11 is 0. The van der Waals surface area contributed by atoms with E-state index in [9.17, 15) is 13.2 Å². The first-order chi connectivity index (χ1) is 14.9. The number of ether oxygens (including phenoxy) is 1. The minimum Gasteiger partial charge on any atom is -0.377 e. The Balaban J connectivity index is 1.37. The highest BCUT2D eigenvalue weighted by Crippen LogP contribution is 2.21. The number of piperazine rings is 1. The van der Waals surface area contributed by atoms with Gasteiger partial charge >= 0.3 is 0 Å². The molecule has 4 rings (SSSR count). The minimum absolute atomic E-state index is 0.0461. The van der Waals surface area contributed by atoms with Crippen LogP contribution in [0.15, 0.2) is 59.5 Å². The topological polar surface area (TPSA) is 70.2 Å². The highest BCUT2D eigenvalue weighted by molar-refractivity contribution is 7.89. The summed E-state index contributed by atoms with van der Waals surface area (Å²) in [7, 11) is -2.04. The molecule has 1 atom stereocenters. The highest BCUT2D eigenvalue weighted by atomic mass is 32.2. The molecule has 0 unspecified atom stereocenters. The Bertz CT molecular complexity index is 981. The number of hydrogen-bond donors (Lipinski definition) is 0. The van der Waals surface area contributed by atoms with Gasteiger partial charge in [-0.25, -0.2) is 8.42 Å². The van der Waals surface area contributed by atoms with Crippen molar-refractivity contribution in [3.63, 3.8) is 0 Å². The lowest BCUT2D eigenvalue weighted by Gasteiger charge is -2.36. The van der Waals surface area contributed by atoms with E-state index in [1.54, 1.807) is 19.2 Å². The molecular weight excluding hydrogens is 414 g/mol. The monoisotopic (exact) mass is 443 g/mol. The Morgan fingerprint density at radius 3 is 2.32 bits per heavy atom. The quantitative estimate of drug-likeness (QED) is 0.686. The number of nitrogens with zero attached hydrogens (tertiary/aromatic N) is 3. The fourth-order valence-corrected chi connectivity index (χ4v) is 5.31. The van der Waals surface area contributed by atoms with Gasteiger partial charge in [0, 0.05) is 57.6 Å². The average molecular weight is 444 g/mol. The van der Waals surface area contributed by atoms with Crippen molar-refractivity contribution in [2.75, 3.05) is 51.3 Å². The van der Waals surface area contributed by atoms with Crippen molar-refractivity contribution in [1.82, 2.24) is 9.21 Å². The minimum atomic E-state index is -3.61. The molecule has 0 spiro atoms. The summed E-state index contributed by atoms with van der Waals surface area (Å²) in [6.07, 6.45) is 1.80. The Morgan fingerprint density at radius 2 is 1.71 bits per heavy atom. The molecule has 2 aromatic rings. The molecule has 31 heavy (non-hydrogen) atoms. The van der Waals surface area contributed by atoms with Crippen molar-refractivity contribution >= 4 is 21.6 Å². The molecule has 2 saturated heterocycles. The van der Waals surface area contributed by atoms with Gasteiger partial charge in [-0.15, -0.1) is 0 Å². The lowest BCUT2D eigenvalue weighted by Crippen LogP contribution is -2.48. The molecule has 2 aliphatic rings. The van der Waals surface area contributed by atoms with Gasteiger partial charge in [-0.2, -0.15) is 4.31 Å². The van der Waals surface area contributed by atoms with E-state index in [4.69, 9.17) is 4.74 Å². The van der Waals surface area contributed by atoms with E-state index >= 15 is 0 Å². The summed E-state index contributed by atoms with van der Waals surface area (Å²) in [5.74, 6) is -0.0654. The maximum Gasteiger partial charge on any atom is 0.253 e. The molecule has 0 radical (unpaired) electrons. The van der Waals surface area contributed by atoms with Crippen LogP contribution < -0.4 is 4.90 Å². The number of carbonyl (C=O) groups excluding carboxylic acids is 1. The maximum absolute atomic E-state index is 12.9. The predicted octanol–water partition coefficient (Wildman–Crippen LogP) is 2.45. The number of likely N-dealkylation sites (N-methyl/N-ethyl adjacent to an activating group) is 1. The summed E-state index contributed by atoms with van der Waals surface area (Å²) in [4.78, 5) is 17.2. The van der Waals surface area contributed by atoms with Crippen LogP contribution in [0.2, 0.25) is 0 Å². The van der Waals surface area contributed by atoms with Crippen molar-refractivity contribution < 1.29 is 17.9 Å². The lowest BCUT2D eigenvalue weighted by atomic mass is 10.1. The van der Waals surface area contributed by atoms with Crippen molar-refractivity contribution in [1.29, 1.82) is 0 Å². The zero-order valence-corrected chi connectivity index (χ0v) is 18.6. The highest BCUT2D eigenvalue weighted by Gasteiger charge is 2.27. The third kappa shape index (κ3) is 4.92. The summed E-state index contributed by atoms with van der Waals surface area (Å²) in [5.41, 5.74) is 1.67. The van der Waals surface area contributed by atoms with E-state index < -0.39 is 10.0 Å². The van der Waals surface area contributed by atoms with Gasteiger partial charge in [-0.3, -0.25) is 4.79 Å². The zero-order valence-electron chi connectivity index (χ0n) is 17.8. The van der Waals surface area contributed by atoms with Crippen molar-refractivity contribution in [3.8, 4) is 0 Å². The van der Waals surface area contributed by atoms with Crippen LogP contribution in [0.5, 0.6) is 0 Å². The van der Waals surface area contributed by atoms with Gasteiger partial charge in [0.2, 0.25) is 10.0 Å². The van der Waals surface area contributed by atoms with Crippen LogP contribution in [0, 0.1) is 0 Å². The standard InChI is InChI=1S/C23H29N3O4S/c1-24(18-21-8-5-17-30-21)31(28,29)22-11-9-19(10-12-22)23(27)26-15-13-25(14-16-26)20-6-3-2-4-7-20/h2-4,6-7,9-12,21H,5,8,13-18H2,1H3/t21-/m1/s1. The third-order valence-electron chi connectivity index (χ3n) is 5.98. The normalized spacial score (nSPS) is 19.7. The van der Waals surface area contributed by atoms with Crippen molar-refractivity contribution in [2.45, 2.75) is 23.8 Å². The second kappa shape index (κ2) is 9.38. The zero-order chi connectivity index (χ0) is 21.8.